The predicted molar refractivity (Wildman–Crippen MR) is 133 cm³/mol. The molecule has 2 aliphatic rings. The number of thioether (sulfide) groups is 1. The summed E-state index contributed by atoms with van der Waals surface area (Å²) in [6.45, 7) is 4.38. The van der Waals surface area contributed by atoms with E-state index in [9.17, 15) is 4.79 Å². The van der Waals surface area contributed by atoms with E-state index in [0.29, 0.717) is 5.25 Å². The zero-order chi connectivity index (χ0) is 19.8. The summed E-state index contributed by atoms with van der Waals surface area (Å²) >= 11 is 2.05. The number of guanidine groups is 1. The Balaban J connectivity index is 0.00000300. The summed E-state index contributed by atoms with van der Waals surface area (Å²) in [5.74, 6) is 1.96. The first-order valence-corrected chi connectivity index (χ1v) is 11.3. The molecule has 0 aliphatic carbocycles. The van der Waals surface area contributed by atoms with Crippen LogP contribution in [0.3, 0.4) is 0 Å². The number of nitrogens with zero attached hydrogens (tertiary/aromatic N) is 2. The van der Waals surface area contributed by atoms with Crippen LogP contribution < -0.4 is 16.4 Å². The molecule has 0 spiro atoms. The zero-order valence-electron chi connectivity index (χ0n) is 17.2. The maximum absolute atomic E-state index is 11.5. The van der Waals surface area contributed by atoms with Crippen molar-refractivity contribution in [3.05, 3.63) is 35.4 Å². The van der Waals surface area contributed by atoms with Gasteiger partial charge < -0.3 is 16.4 Å². The average Bonchev–Trinajstić information content (AvgIpc) is 3.22. The number of rotatable bonds is 7. The number of halogens is 1. The molecule has 2 atom stereocenters. The summed E-state index contributed by atoms with van der Waals surface area (Å²) in [5, 5.41) is 7.57. The van der Waals surface area contributed by atoms with Gasteiger partial charge in [-0.2, -0.15) is 11.8 Å². The summed E-state index contributed by atoms with van der Waals surface area (Å²) < 4.78 is 0. The standard InChI is InChI=1S/C21H33N5OS.HI/c1-23-21(25-13-19-8-4-10-28-19)24-12-16-5-2-6-17(11-16)14-26-9-3-7-18(15-26)20(22)27;/h2,5-6,11,18-19H,3-4,7-10,12-15H2,1H3,(H2,22,27)(H2,23,24,25);1H. The van der Waals surface area contributed by atoms with Crippen LogP contribution in [0.15, 0.2) is 29.3 Å². The molecule has 1 aromatic rings. The molecular formula is C21H34IN5OS. The predicted octanol–water partition coefficient (Wildman–Crippen LogP) is 2.56. The van der Waals surface area contributed by atoms with Crippen LogP contribution in [0.25, 0.3) is 0 Å². The van der Waals surface area contributed by atoms with Crippen LogP contribution in [-0.4, -0.2) is 54.5 Å². The molecule has 2 heterocycles. The lowest BCUT2D eigenvalue weighted by molar-refractivity contribution is -0.123. The van der Waals surface area contributed by atoms with E-state index in [1.807, 2.05) is 7.05 Å². The van der Waals surface area contributed by atoms with Crippen LogP contribution >= 0.6 is 35.7 Å². The second kappa shape index (κ2) is 12.6. The largest absolute Gasteiger partial charge is 0.369 e. The van der Waals surface area contributed by atoms with E-state index >= 15 is 0 Å². The second-order valence-electron chi connectivity index (χ2n) is 7.74. The van der Waals surface area contributed by atoms with Gasteiger partial charge in [-0.1, -0.05) is 24.3 Å². The third-order valence-electron chi connectivity index (χ3n) is 5.51. The van der Waals surface area contributed by atoms with Crippen molar-refractivity contribution >= 4 is 47.6 Å². The first kappa shape index (κ1) is 24.3. The highest BCUT2D eigenvalue weighted by atomic mass is 127. The number of carbonyl (C=O) groups excluding carboxylic acids is 1. The van der Waals surface area contributed by atoms with Crippen molar-refractivity contribution in [2.24, 2.45) is 16.6 Å². The molecule has 4 N–H and O–H groups in total. The van der Waals surface area contributed by atoms with Crippen LogP contribution in [0, 0.1) is 5.92 Å². The molecule has 1 aromatic carbocycles. The highest BCUT2D eigenvalue weighted by molar-refractivity contribution is 14.0. The van der Waals surface area contributed by atoms with Gasteiger partial charge in [0.2, 0.25) is 5.91 Å². The lowest BCUT2D eigenvalue weighted by Crippen LogP contribution is -2.40. The molecule has 0 bridgehead atoms. The molecule has 2 saturated heterocycles. The van der Waals surface area contributed by atoms with Crippen molar-refractivity contribution in [2.45, 2.75) is 44.0 Å². The van der Waals surface area contributed by atoms with E-state index < -0.39 is 0 Å². The molecule has 0 radical (unpaired) electrons. The van der Waals surface area contributed by atoms with Gasteiger partial charge >= 0.3 is 0 Å². The normalized spacial score (nSPS) is 22.7. The summed E-state index contributed by atoms with van der Waals surface area (Å²) in [4.78, 5) is 18.2. The molecule has 29 heavy (non-hydrogen) atoms. The average molecular weight is 532 g/mol. The summed E-state index contributed by atoms with van der Waals surface area (Å²) in [6, 6.07) is 8.63. The molecule has 2 aliphatic heterocycles. The number of primary amides is 1. The fraction of sp³-hybridized carbons (Fsp3) is 0.619. The van der Waals surface area contributed by atoms with E-state index in [4.69, 9.17) is 5.73 Å². The third-order valence-corrected chi connectivity index (χ3v) is 6.91. The van der Waals surface area contributed by atoms with Crippen molar-refractivity contribution in [3.8, 4) is 0 Å². The third kappa shape index (κ3) is 7.97. The Morgan fingerprint density at radius 1 is 1.28 bits per heavy atom. The molecule has 1 amide bonds. The number of amides is 1. The van der Waals surface area contributed by atoms with Crippen LogP contribution in [0.1, 0.15) is 36.8 Å². The minimum Gasteiger partial charge on any atom is -0.369 e. The van der Waals surface area contributed by atoms with Gasteiger partial charge in [0.05, 0.1) is 5.92 Å². The number of hydrogen-bond donors (Lipinski definition) is 3. The van der Waals surface area contributed by atoms with E-state index in [2.05, 4.69) is 56.6 Å². The quantitative estimate of drug-likeness (QED) is 0.286. The minimum atomic E-state index is -0.169. The maximum atomic E-state index is 11.5. The number of hydrogen-bond acceptors (Lipinski definition) is 4. The Labute approximate surface area is 195 Å². The van der Waals surface area contributed by atoms with Crippen molar-refractivity contribution in [1.29, 1.82) is 0 Å². The number of nitrogens with one attached hydrogen (secondary N) is 2. The highest BCUT2D eigenvalue weighted by Gasteiger charge is 2.23. The molecule has 8 heteroatoms. The van der Waals surface area contributed by atoms with Gasteiger partial charge in [0, 0.05) is 38.5 Å². The van der Waals surface area contributed by atoms with Crippen LogP contribution in [0.4, 0.5) is 0 Å². The van der Waals surface area contributed by atoms with Crippen molar-refractivity contribution in [2.75, 3.05) is 32.4 Å². The SMILES string of the molecule is CN=C(NCc1cccc(CN2CCCC(C(N)=O)C2)c1)NCC1CCCS1.I. The Hall–Kier alpha value is -1.00. The summed E-state index contributed by atoms with van der Waals surface area (Å²) in [5.41, 5.74) is 8.01. The first-order valence-electron chi connectivity index (χ1n) is 10.3. The smallest absolute Gasteiger partial charge is 0.221 e. The van der Waals surface area contributed by atoms with E-state index in [1.165, 1.54) is 29.7 Å². The lowest BCUT2D eigenvalue weighted by Gasteiger charge is -2.31. The number of aliphatic imine (C=N–C) groups is 1. The van der Waals surface area contributed by atoms with Gasteiger partial charge in [0.15, 0.2) is 5.96 Å². The van der Waals surface area contributed by atoms with Gasteiger partial charge in [-0.05, 0) is 49.1 Å². The number of likely N-dealkylation sites (tertiary alicyclic amines) is 1. The fourth-order valence-corrected chi connectivity index (χ4v) is 5.15. The second-order valence-corrected chi connectivity index (χ2v) is 9.15. The van der Waals surface area contributed by atoms with E-state index in [0.717, 1.165) is 51.5 Å². The zero-order valence-corrected chi connectivity index (χ0v) is 20.4. The lowest BCUT2D eigenvalue weighted by atomic mass is 9.97. The number of nitrogens with two attached hydrogens (primary N) is 1. The van der Waals surface area contributed by atoms with Gasteiger partial charge in [-0.15, -0.1) is 24.0 Å². The van der Waals surface area contributed by atoms with Crippen LogP contribution in [0.5, 0.6) is 0 Å². The minimum absolute atomic E-state index is 0. The van der Waals surface area contributed by atoms with Crippen LogP contribution in [0.2, 0.25) is 0 Å². The Morgan fingerprint density at radius 2 is 2.10 bits per heavy atom. The van der Waals surface area contributed by atoms with Gasteiger partial charge in [0.1, 0.15) is 0 Å². The summed E-state index contributed by atoms with van der Waals surface area (Å²) in [6.07, 6.45) is 4.58. The molecule has 3 rings (SSSR count). The fourth-order valence-electron chi connectivity index (χ4n) is 3.95. The Morgan fingerprint density at radius 3 is 2.83 bits per heavy atom. The number of carbonyl (C=O) groups is 1. The molecule has 6 nitrogen and oxygen atoms in total. The number of benzene rings is 1. The molecule has 2 fully saturated rings. The topological polar surface area (TPSA) is 82.8 Å². The maximum Gasteiger partial charge on any atom is 0.221 e. The first-order chi connectivity index (χ1) is 13.6. The van der Waals surface area contributed by atoms with Crippen molar-refractivity contribution in [1.82, 2.24) is 15.5 Å². The van der Waals surface area contributed by atoms with Crippen molar-refractivity contribution in [3.63, 3.8) is 0 Å². The van der Waals surface area contributed by atoms with Gasteiger partial charge in [-0.3, -0.25) is 14.7 Å². The summed E-state index contributed by atoms with van der Waals surface area (Å²) in [7, 11) is 1.82. The van der Waals surface area contributed by atoms with E-state index in [-0.39, 0.29) is 35.8 Å². The number of piperidine rings is 1. The Bertz CT molecular complexity index is 681. The molecule has 0 saturated carbocycles. The van der Waals surface area contributed by atoms with Gasteiger partial charge in [-0.25, -0.2) is 0 Å². The highest BCUT2D eigenvalue weighted by Crippen LogP contribution is 2.25. The molecule has 162 valence electrons. The van der Waals surface area contributed by atoms with Crippen LogP contribution in [-0.2, 0) is 17.9 Å². The Kier molecular flexibility index (Phi) is 10.6. The van der Waals surface area contributed by atoms with Gasteiger partial charge in [0.25, 0.3) is 0 Å². The monoisotopic (exact) mass is 531 g/mol. The molecular weight excluding hydrogens is 497 g/mol. The van der Waals surface area contributed by atoms with Crippen molar-refractivity contribution < 1.29 is 4.79 Å². The molecule has 2 unspecified atom stereocenters. The molecule has 0 aromatic heterocycles. The van der Waals surface area contributed by atoms with E-state index in [1.54, 1.807) is 0 Å².